The van der Waals surface area contributed by atoms with Crippen molar-refractivity contribution in [2.45, 2.75) is 39.5 Å². The predicted molar refractivity (Wildman–Crippen MR) is 88.0 cm³/mol. The van der Waals surface area contributed by atoms with Crippen molar-refractivity contribution in [3.05, 3.63) is 43.0 Å². The number of carbonyl (C=O) groups excluding carboxylic acids is 1. The Morgan fingerprint density at radius 1 is 1.10 bits per heavy atom. The lowest BCUT2D eigenvalue weighted by molar-refractivity contribution is -0.111. The summed E-state index contributed by atoms with van der Waals surface area (Å²) in [5, 5.41) is 6.02. The van der Waals surface area contributed by atoms with Crippen LogP contribution in [0.1, 0.15) is 39.5 Å². The summed E-state index contributed by atoms with van der Waals surface area (Å²) in [6, 6.07) is 9.25. The Labute approximate surface area is 123 Å². The molecule has 0 aliphatic rings. The number of carbonyl (C=O) groups is 1. The van der Waals surface area contributed by atoms with Crippen LogP contribution >= 0.6 is 0 Å². The van der Waals surface area contributed by atoms with Gasteiger partial charge in [0.2, 0.25) is 5.91 Å². The van der Waals surface area contributed by atoms with Crippen molar-refractivity contribution < 1.29 is 4.79 Å². The van der Waals surface area contributed by atoms with Gasteiger partial charge in [-0.15, -0.1) is 0 Å². The molecule has 20 heavy (non-hydrogen) atoms. The number of hydrogen-bond acceptors (Lipinski definition) is 2. The topological polar surface area (TPSA) is 41.1 Å². The van der Waals surface area contributed by atoms with Crippen LogP contribution < -0.4 is 10.6 Å². The largest absolute Gasteiger partial charge is 0.323 e. The third-order valence-corrected chi connectivity index (χ3v) is 2.64. The molecule has 0 saturated heterocycles. The number of benzene rings is 1. The summed E-state index contributed by atoms with van der Waals surface area (Å²) in [5.41, 5.74) is 0.789. The Morgan fingerprint density at radius 2 is 1.65 bits per heavy atom. The third kappa shape index (κ3) is 11.5. The molecule has 1 rings (SSSR count). The van der Waals surface area contributed by atoms with Crippen LogP contribution in [0, 0.1) is 0 Å². The summed E-state index contributed by atoms with van der Waals surface area (Å²) in [6.07, 6.45) is 6.50. The molecule has 3 heteroatoms. The Kier molecular flexibility index (Phi) is 12.7. The van der Waals surface area contributed by atoms with Crippen molar-refractivity contribution in [1.29, 1.82) is 0 Å². The monoisotopic (exact) mass is 276 g/mol. The van der Waals surface area contributed by atoms with Gasteiger partial charge in [0.25, 0.3) is 0 Å². The molecule has 0 unspecified atom stereocenters. The van der Waals surface area contributed by atoms with Gasteiger partial charge in [-0.05, 0) is 44.1 Å². The molecular formula is C17H28N2O. The first kappa shape index (κ1) is 18.4. The maximum Gasteiger partial charge on any atom is 0.247 e. The maximum absolute atomic E-state index is 10.8. The molecular weight excluding hydrogens is 248 g/mol. The Hall–Kier alpha value is -1.61. The molecule has 0 spiro atoms. The third-order valence-electron chi connectivity index (χ3n) is 2.64. The highest BCUT2D eigenvalue weighted by atomic mass is 16.1. The standard InChI is InChI=1S/C9H9NO.C8H19N/c1-2-9(11)10-8-6-4-3-5-7-8;1-3-5-7-9-8-6-4-2/h2-7H,1H2,(H,10,11);9H,3-8H2,1-2H3. The van der Waals surface area contributed by atoms with Crippen molar-refractivity contribution in [2.75, 3.05) is 18.4 Å². The van der Waals surface area contributed by atoms with Gasteiger partial charge in [0.15, 0.2) is 0 Å². The zero-order valence-corrected chi connectivity index (χ0v) is 12.8. The van der Waals surface area contributed by atoms with E-state index < -0.39 is 0 Å². The maximum atomic E-state index is 10.8. The summed E-state index contributed by atoms with van der Waals surface area (Å²) >= 11 is 0. The number of rotatable bonds is 8. The number of unbranched alkanes of at least 4 members (excludes halogenated alkanes) is 2. The summed E-state index contributed by atoms with van der Waals surface area (Å²) in [4.78, 5) is 10.8. The van der Waals surface area contributed by atoms with E-state index in [1.54, 1.807) is 0 Å². The molecule has 1 aromatic rings. The van der Waals surface area contributed by atoms with Gasteiger partial charge in [-0.2, -0.15) is 0 Å². The van der Waals surface area contributed by atoms with Gasteiger partial charge >= 0.3 is 0 Å². The van der Waals surface area contributed by atoms with Crippen LogP contribution in [0.5, 0.6) is 0 Å². The Bertz CT molecular complexity index is 343. The molecule has 1 aromatic carbocycles. The minimum absolute atomic E-state index is 0.184. The summed E-state index contributed by atoms with van der Waals surface area (Å²) in [5.74, 6) is -0.184. The molecule has 0 saturated carbocycles. The molecule has 0 atom stereocenters. The van der Waals surface area contributed by atoms with Crippen molar-refractivity contribution in [3.63, 3.8) is 0 Å². The van der Waals surface area contributed by atoms with Gasteiger partial charge in [-0.25, -0.2) is 0 Å². The second kappa shape index (κ2) is 13.8. The molecule has 0 fully saturated rings. The van der Waals surface area contributed by atoms with E-state index >= 15 is 0 Å². The SMILES string of the molecule is C=CC(=O)Nc1ccccc1.CCCCNCCCC. The van der Waals surface area contributed by atoms with Crippen molar-refractivity contribution >= 4 is 11.6 Å². The zero-order valence-electron chi connectivity index (χ0n) is 12.8. The first-order valence-corrected chi connectivity index (χ1v) is 7.43. The normalized spacial score (nSPS) is 9.30. The highest BCUT2D eigenvalue weighted by Crippen LogP contribution is 2.03. The van der Waals surface area contributed by atoms with Crippen LogP contribution in [0.3, 0.4) is 0 Å². The molecule has 0 aliphatic carbocycles. The number of anilines is 1. The van der Waals surface area contributed by atoms with Crippen LogP contribution in [0.2, 0.25) is 0 Å². The summed E-state index contributed by atoms with van der Waals surface area (Å²) in [6.45, 7) is 10.2. The quantitative estimate of drug-likeness (QED) is 0.557. The zero-order chi connectivity index (χ0) is 15.1. The minimum Gasteiger partial charge on any atom is -0.323 e. The van der Waals surface area contributed by atoms with Gasteiger partial charge in [0.05, 0.1) is 0 Å². The summed E-state index contributed by atoms with van der Waals surface area (Å²) < 4.78 is 0. The summed E-state index contributed by atoms with van der Waals surface area (Å²) in [7, 11) is 0. The molecule has 1 amide bonds. The molecule has 112 valence electrons. The van der Waals surface area contributed by atoms with E-state index in [1.807, 2.05) is 30.3 Å². The number of nitrogens with one attached hydrogen (secondary N) is 2. The fourth-order valence-corrected chi connectivity index (χ4v) is 1.44. The van der Waals surface area contributed by atoms with E-state index in [0.29, 0.717) is 0 Å². The van der Waals surface area contributed by atoms with Crippen LogP contribution in [-0.4, -0.2) is 19.0 Å². The highest BCUT2D eigenvalue weighted by molar-refractivity contribution is 5.98. The average molecular weight is 276 g/mol. The molecule has 2 N–H and O–H groups in total. The van der Waals surface area contributed by atoms with Gasteiger partial charge < -0.3 is 10.6 Å². The second-order valence-electron chi connectivity index (χ2n) is 4.52. The van der Waals surface area contributed by atoms with E-state index in [0.717, 1.165) is 5.69 Å². The van der Waals surface area contributed by atoms with Gasteiger partial charge in [-0.1, -0.05) is 51.5 Å². The lowest BCUT2D eigenvalue weighted by atomic mass is 10.3. The van der Waals surface area contributed by atoms with Crippen LogP contribution in [0.4, 0.5) is 5.69 Å². The van der Waals surface area contributed by atoms with Crippen molar-refractivity contribution in [1.82, 2.24) is 5.32 Å². The first-order valence-electron chi connectivity index (χ1n) is 7.43. The Morgan fingerprint density at radius 3 is 2.10 bits per heavy atom. The van der Waals surface area contributed by atoms with Gasteiger partial charge in [0, 0.05) is 5.69 Å². The molecule has 0 heterocycles. The highest BCUT2D eigenvalue weighted by Gasteiger charge is 1.92. The molecule has 0 aromatic heterocycles. The Balaban J connectivity index is 0.000000370. The van der Waals surface area contributed by atoms with E-state index in [2.05, 4.69) is 31.1 Å². The van der Waals surface area contributed by atoms with Crippen LogP contribution in [-0.2, 0) is 4.79 Å². The number of amides is 1. The predicted octanol–water partition coefficient (Wildman–Crippen LogP) is 3.99. The molecule has 0 bridgehead atoms. The van der Waals surface area contributed by atoms with Crippen molar-refractivity contribution in [3.8, 4) is 0 Å². The van der Waals surface area contributed by atoms with E-state index in [1.165, 1.54) is 44.8 Å². The van der Waals surface area contributed by atoms with Crippen LogP contribution in [0.25, 0.3) is 0 Å². The van der Waals surface area contributed by atoms with Crippen LogP contribution in [0.15, 0.2) is 43.0 Å². The molecule has 0 radical (unpaired) electrons. The molecule has 0 aliphatic heterocycles. The van der Waals surface area contributed by atoms with E-state index in [4.69, 9.17) is 0 Å². The van der Waals surface area contributed by atoms with Gasteiger partial charge in [-0.3, -0.25) is 4.79 Å². The lowest BCUT2D eigenvalue weighted by Gasteiger charge is -1.99. The number of para-hydroxylation sites is 1. The number of hydrogen-bond donors (Lipinski definition) is 2. The average Bonchev–Trinajstić information content (AvgIpc) is 2.49. The smallest absolute Gasteiger partial charge is 0.247 e. The minimum atomic E-state index is -0.184. The van der Waals surface area contributed by atoms with E-state index in [9.17, 15) is 4.79 Å². The van der Waals surface area contributed by atoms with Crippen molar-refractivity contribution in [2.24, 2.45) is 0 Å². The first-order chi connectivity index (χ1) is 9.74. The fraction of sp³-hybridized carbons (Fsp3) is 0.471. The lowest BCUT2D eigenvalue weighted by Crippen LogP contribution is -2.15. The second-order valence-corrected chi connectivity index (χ2v) is 4.52. The molecule has 3 nitrogen and oxygen atoms in total. The van der Waals surface area contributed by atoms with E-state index in [-0.39, 0.29) is 5.91 Å². The fourth-order valence-electron chi connectivity index (χ4n) is 1.44. The van der Waals surface area contributed by atoms with Gasteiger partial charge in [0.1, 0.15) is 0 Å².